The van der Waals surface area contributed by atoms with Gasteiger partial charge in [0.15, 0.2) is 0 Å². The molecular formula is C13H18ClNO2. The highest BCUT2D eigenvalue weighted by molar-refractivity contribution is 6.27. The third kappa shape index (κ3) is 3.63. The Morgan fingerprint density at radius 1 is 1.41 bits per heavy atom. The number of nitrogens with zero attached hydrogens (tertiary/aromatic N) is 1. The van der Waals surface area contributed by atoms with Crippen LogP contribution in [0, 0.1) is 0 Å². The zero-order valence-electron chi connectivity index (χ0n) is 10.4. The summed E-state index contributed by atoms with van der Waals surface area (Å²) < 4.78 is 5.27. The Balaban J connectivity index is 2.89. The van der Waals surface area contributed by atoms with Gasteiger partial charge < -0.3 is 9.64 Å². The third-order valence-corrected chi connectivity index (χ3v) is 2.82. The van der Waals surface area contributed by atoms with E-state index in [-0.39, 0.29) is 17.8 Å². The van der Waals surface area contributed by atoms with E-state index in [1.54, 1.807) is 12.0 Å². The maximum Gasteiger partial charge on any atom is 0.238 e. The molecule has 0 heterocycles. The molecule has 1 aromatic rings. The Labute approximate surface area is 107 Å². The number of hydrogen-bond donors (Lipinski definition) is 0. The van der Waals surface area contributed by atoms with Crippen LogP contribution in [-0.2, 0) is 11.3 Å². The van der Waals surface area contributed by atoms with Crippen molar-refractivity contribution in [1.82, 2.24) is 4.90 Å². The number of benzene rings is 1. The SMILES string of the molecule is COc1ccccc1CN(C(=O)CCl)C(C)C. The monoisotopic (exact) mass is 255 g/mol. The maximum absolute atomic E-state index is 11.7. The molecule has 0 N–H and O–H groups in total. The largest absolute Gasteiger partial charge is 0.496 e. The first kappa shape index (κ1) is 13.8. The van der Waals surface area contributed by atoms with Gasteiger partial charge in [0.25, 0.3) is 0 Å². The quantitative estimate of drug-likeness (QED) is 0.757. The van der Waals surface area contributed by atoms with E-state index in [0.29, 0.717) is 6.54 Å². The van der Waals surface area contributed by atoms with Crippen LogP contribution in [0.5, 0.6) is 5.75 Å². The van der Waals surface area contributed by atoms with Crippen LogP contribution < -0.4 is 4.74 Å². The lowest BCUT2D eigenvalue weighted by Gasteiger charge is -2.26. The Morgan fingerprint density at radius 3 is 2.59 bits per heavy atom. The second kappa shape index (κ2) is 6.50. The van der Waals surface area contributed by atoms with Crippen LogP contribution in [-0.4, -0.2) is 29.8 Å². The molecule has 4 heteroatoms. The second-order valence-electron chi connectivity index (χ2n) is 4.06. The molecule has 1 rings (SSSR count). The van der Waals surface area contributed by atoms with Crippen molar-refractivity contribution in [3.63, 3.8) is 0 Å². The van der Waals surface area contributed by atoms with Crippen LogP contribution in [0.15, 0.2) is 24.3 Å². The number of rotatable bonds is 5. The summed E-state index contributed by atoms with van der Waals surface area (Å²) in [6.07, 6.45) is 0. The number of halogens is 1. The van der Waals surface area contributed by atoms with Gasteiger partial charge in [0.2, 0.25) is 5.91 Å². The average molecular weight is 256 g/mol. The molecule has 0 atom stereocenters. The Hall–Kier alpha value is -1.22. The Morgan fingerprint density at radius 2 is 2.06 bits per heavy atom. The summed E-state index contributed by atoms with van der Waals surface area (Å²) in [6, 6.07) is 7.80. The molecular weight excluding hydrogens is 238 g/mol. The molecule has 1 aromatic carbocycles. The zero-order chi connectivity index (χ0) is 12.8. The van der Waals surface area contributed by atoms with E-state index in [2.05, 4.69) is 0 Å². The van der Waals surface area contributed by atoms with E-state index in [9.17, 15) is 4.79 Å². The summed E-state index contributed by atoms with van der Waals surface area (Å²) in [4.78, 5) is 13.5. The number of amides is 1. The molecule has 0 fully saturated rings. The van der Waals surface area contributed by atoms with Crippen molar-refractivity contribution in [3.8, 4) is 5.75 Å². The highest BCUT2D eigenvalue weighted by atomic mass is 35.5. The Bertz CT molecular complexity index is 379. The lowest BCUT2D eigenvalue weighted by molar-refractivity contribution is -0.130. The summed E-state index contributed by atoms with van der Waals surface area (Å²) in [6.45, 7) is 4.47. The number of carbonyl (C=O) groups excluding carboxylic acids is 1. The fraction of sp³-hybridized carbons (Fsp3) is 0.462. The van der Waals surface area contributed by atoms with Crippen LogP contribution in [0.2, 0.25) is 0 Å². The van der Waals surface area contributed by atoms with Crippen LogP contribution in [0.25, 0.3) is 0 Å². The number of para-hydroxylation sites is 1. The second-order valence-corrected chi connectivity index (χ2v) is 4.33. The van der Waals surface area contributed by atoms with Crippen LogP contribution in [0.3, 0.4) is 0 Å². The highest BCUT2D eigenvalue weighted by Crippen LogP contribution is 2.20. The molecule has 0 radical (unpaired) electrons. The molecule has 3 nitrogen and oxygen atoms in total. The maximum atomic E-state index is 11.7. The molecule has 0 saturated carbocycles. The van der Waals surface area contributed by atoms with Gasteiger partial charge in [-0.1, -0.05) is 18.2 Å². The number of alkyl halides is 1. The van der Waals surface area contributed by atoms with Gasteiger partial charge in [-0.2, -0.15) is 0 Å². The van der Waals surface area contributed by atoms with Crippen molar-refractivity contribution >= 4 is 17.5 Å². The smallest absolute Gasteiger partial charge is 0.238 e. The van der Waals surface area contributed by atoms with Crippen molar-refractivity contribution in [2.75, 3.05) is 13.0 Å². The van der Waals surface area contributed by atoms with E-state index in [1.165, 1.54) is 0 Å². The zero-order valence-corrected chi connectivity index (χ0v) is 11.2. The molecule has 1 amide bonds. The minimum Gasteiger partial charge on any atom is -0.496 e. The molecule has 0 spiro atoms. The average Bonchev–Trinajstić information content (AvgIpc) is 2.35. The predicted octanol–water partition coefficient (Wildman–Crippen LogP) is 2.67. The summed E-state index contributed by atoms with van der Waals surface area (Å²) in [5, 5.41) is 0. The standard InChI is InChI=1S/C13H18ClNO2/c1-10(2)15(13(16)8-14)9-11-6-4-5-7-12(11)17-3/h4-7,10H,8-9H2,1-3H3. The van der Waals surface area contributed by atoms with Crippen LogP contribution in [0.1, 0.15) is 19.4 Å². The number of methoxy groups -OCH3 is 1. The molecule has 94 valence electrons. The third-order valence-electron chi connectivity index (χ3n) is 2.59. The van der Waals surface area contributed by atoms with Crippen molar-refractivity contribution in [3.05, 3.63) is 29.8 Å². The van der Waals surface area contributed by atoms with E-state index >= 15 is 0 Å². The van der Waals surface area contributed by atoms with E-state index < -0.39 is 0 Å². The van der Waals surface area contributed by atoms with Gasteiger partial charge >= 0.3 is 0 Å². The fourth-order valence-corrected chi connectivity index (χ4v) is 1.81. The molecule has 0 bridgehead atoms. The lowest BCUT2D eigenvalue weighted by Crippen LogP contribution is -2.37. The molecule has 0 aliphatic rings. The van der Waals surface area contributed by atoms with Crippen molar-refractivity contribution in [1.29, 1.82) is 0 Å². The fourth-order valence-electron chi connectivity index (χ4n) is 1.65. The number of ether oxygens (including phenoxy) is 1. The van der Waals surface area contributed by atoms with E-state index in [1.807, 2.05) is 38.1 Å². The number of carbonyl (C=O) groups is 1. The summed E-state index contributed by atoms with van der Waals surface area (Å²) >= 11 is 5.61. The normalized spacial score (nSPS) is 10.4. The minimum atomic E-state index is -0.0624. The van der Waals surface area contributed by atoms with E-state index in [0.717, 1.165) is 11.3 Å². The first-order valence-corrected chi connectivity index (χ1v) is 6.11. The highest BCUT2D eigenvalue weighted by Gasteiger charge is 2.17. The van der Waals surface area contributed by atoms with Crippen molar-refractivity contribution < 1.29 is 9.53 Å². The van der Waals surface area contributed by atoms with Gasteiger partial charge in [0.1, 0.15) is 11.6 Å². The van der Waals surface area contributed by atoms with Gasteiger partial charge in [0.05, 0.1) is 7.11 Å². The topological polar surface area (TPSA) is 29.5 Å². The molecule has 0 aliphatic heterocycles. The first-order valence-electron chi connectivity index (χ1n) is 5.57. The van der Waals surface area contributed by atoms with Gasteiger partial charge in [-0.25, -0.2) is 0 Å². The lowest BCUT2D eigenvalue weighted by atomic mass is 10.1. The van der Waals surface area contributed by atoms with Gasteiger partial charge in [-0.05, 0) is 19.9 Å². The van der Waals surface area contributed by atoms with Gasteiger partial charge in [0, 0.05) is 18.2 Å². The van der Waals surface area contributed by atoms with Crippen molar-refractivity contribution in [2.45, 2.75) is 26.4 Å². The van der Waals surface area contributed by atoms with Crippen LogP contribution in [0.4, 0.5) is 0 Å². The number of hydrogen-bond acceptors (Lipinski definition) is 2. The van der Waals surface area contributed by atoms with Crippen LogP contribution >= 0.6 is 11.6 Å². The predicted molar refractivity (Wildman–Crippen MR) is 69.4 cm³/mol. The van der Waals surface area contributed by atoms with Crippen molar-refractivity contribution in [2.24, 2.45) is 0 Å². The van der Waals surface area contributed by atoms with Gasteiger partial charge in [-0.15, -0.1) is 11.6 Å². The van der Waals surface area contributed by atoms with Gasteiger partial charge in [-0.3, -0.25) is 4.79 Å². The summed E-state index contributed by atoms with van der Waals surface area (Å²) in [5.41, 5.74) is 0.988. The summed E-state index contributed by atoms with van der Waals surface area (Å²) in [7, 11) is 1.63. The Kier molecular flexibility index (Phi) is 5.29. The summed E-state index contributed by atoms with van der Waals surface area (Å²) in [5.74, 6) is 0.737. The minimum absolute atomic E-state index is 0.00727. The van der Waals surface area contributed by atoms with E-state index in [4.69, 9.17) is 16.3 Å². The molecule has 0 aromatic heterocycles. The molecule has 0 unspecified atom stereocenters. The molecule has 0 saturated heterocycles. The first-order chi connectivity index (χ1) is 8.10. The molecule has 0 aliphatic carbocycles. The molecule has 17 heavy (non-hydrogen) atoms.